The van der Waals surface area contributed by atoms with Crippen LogP contribution in [0, 0.1) is 27.7 Å². The second kappa shape index (κ2) is 10.3. The van der Waals surface area contributed by atoms with Gasteiger partial charge in [0.2, 0.25) is 0 Å². The molecule has 0 amide bonds. The van der Waals surface area contributed by atoms with Crippen molar-refractivity contribution >= 4 is 46.4 Å². The van der Waals surface area contributed by atoms with Crippen LogP contribution in [0.4, 0.5) is 0 Å². The van der Waals surface area contributed by atoms with Crippen molar-refractivity contribution in [2.45, 2.75) is 27.7 Å². The molecule has 2 N–H and O–H groups in total. The van der Waals surface area contributed by atoms with E-state index in [2.05, 4.69) is 76.0 Å². The molecule has 0 saturated carbocycles. The van der Waals surface area contributed by atoms with Gasteiger partial charge in [0.05, 0.1) is 22.8 Å². The molecule has 0 saturated heterocycles. The van der Waals surface area contributed by atoms with E-state index in [9.17, 15) is 0 Å². The van der Waals surface area contributed by atoms with Crippen molar-refractivity contribution in [2.75, 3.05) is 0 Å². The van der Waals surface area contributed by atoms with Crippen LogP contribution >= 0.6 is 0 Å². The van der Waals surface area contributed by atoms with Gasteiger partial charge < -0.3 is 9.97 Å². The van der Waals surface area contributed by atoms with E-state index in [0.717, 1.165) is 50.5 Å². The molecule has 8 bridgehead atoms. The molecule has 0 unspecified atom stereocenters. The molecule has 0 radical (unpaired) electrons. The van der Waals surface area contributed by atoms with Crippen LogP contribution in [0.5, 0.6) is 0 Å². The van der Waals surface area contributed by atoms with Gasteiger partial charge in [-0.15, -0.1) is 0 Å². The Hall–Kier alpha value is -3.73. The van der Waals surface area contributed by atoms with Gasteiger partial charge in [0, 0.05) is 51.0 Å². The largest absolute Gasteiger partial charge is 0.355 e. The van der Waals surface area contributed by atoms with Crippen LogP contribution in [0.2, 0.25) is 0 Å². The van der Waals surface area contributed by atoms with E-state index in [-0.39, 0.29) is 17.1 Å². The number of aromatic amines is 2. The monoisotopic (exact) mass is 501 g/mol. The van der Waals surface area contributed by atoms with Gasteiger partial charge in [-0.25, -0.2) is 9.97 Å². The molecule has 0 spiro atoms. The smallest absolute Gasteiger partial charge is 0.0659 e. The summed E-state index contributed by atoms with van der Waals surface area (Å²) in [5, 5.41) is 0. The predicted molar refractivity (Wildman–Crippen MR) is 142 cm³/mol. The van der Waals surface area contributed by atoms with Gasteiger partial charge in [0.25, 0.3) is 0 Å². The fourth-order valence-corrected chi connectivity index (χ4v) is 3.90. The molecule has 2 aliphatic rings. The quantitative estimate of drug-likeness (QED) is 0.221. The summed E-state index contributed by atoms with van der Waals surface area (Å²) in [7, 11) is 0. The third kappa shape index (κ3) is 5.68. The summed E-state index contributed by atoms with van der Waals surface area (Å²) in [6.07, 6.45) is 9.98. The van der Waals surface area contributed by atoms with Crippen molar-refractivity contribution in [3.05, 3.63) is 99.9 Å². The zero-order valence-corrected chi connectivity index (χ0v) is 21.3. The molecule has 4 aromatic heterocycles. The number of hydrogen-bond donors (Lipinski definition) is 2. The first-order valence-corrected chi connectivity index (χ1v) is 11.4. The summed E-state index contributed by atoms with van der Waals surface area (Å²) in [5.74, 6) is 0. The summed E-state index contributed by atoms with van der Waals surface area (Å²) in [4.78, 5) is 20.3. The van der Waals surface area contributed by atoms with E-state index < -0.39 is 0 Å². The van der Waals surface area contributed by atoms with Gasteiger partial charge in [-0.1, -0.05) is 0 Å². The Morgan fingerprint density at radius 3 is 1.43 bits per heavy atom. The van der Waals surface area contributed by atoms with Crippen LogP contribution < -0.4 is 0 Å². The standard InChI is InChI=1S/C20H14N4.C9H13N.Fe/c1-2-14-10-16-5-6-18(23-16)12-20-8-7-19(24-20)11-17-4-3-15(22-17)9-13(1)21-14;1-6-5-10-9(4)8(3)7(6)2;/h1-12,21-22H;5H,1-4H3;. The van der Waals surface area contributed by atoms with Gasteiger partial charge in [0.1, 0.15) is 0 Å². The zero-order valence-electron chi connectivity index (χ0n) is 20.2. The number of nitrogens with zero attached hydrogens (tertiary/aromatic N) is 3. The molecular weight excluding hydrogens is 474 g/mol. The number of H-pyrrole nitrogens is 2. The van der Waals surface area contributed by atoms with Crippen molar-refractivity contribution in [1.29, 1.82) is 0 Å². The van der Waals surface area contributed by atoms with Crippen LogP contribution in [0.1, 0.15) is 45.2 Å². The fourth-order valence-electron chi connectivity index (χ4n) is 3.90. The molecule has 0 atom stereocenters. The third-order valence-electron chi connectivity index (χ3n) is 6.19. The first-order valence-electron chi connectivity index (χ1n) is 11.4. The number of rotatable bonds is 0. The Bertz CT molecular complexity index is 1490. The molecule has 35 heavy (non-hydrogen) atoms. The zero-order chi connectivity index (χ0) is 23.7. The van der Waals surface area contributed by atoms with E-state index in [1.165, 1.54) is 16.7 Å². The molecule has 0 aliphatic carbocycles. The van der Waals surface area contributed by atoms with Gasteiger partial charge in [-0.05, 0) is 117 Å². The van der Waals surface area contributed by atoms with Crippen molar-refractivity contribution in [3.63, 3.8) is 0 Å². The topological polar surface area (TPSA) is 70.2 Å². The molecule has 0 aromatic carbocycles. The van der Waals surface area contributed by atoms with Crippen LogP contribution in [-0.4, -0.2) is 24.9 Å². The fraction of sp³-hybridized carbons (Fsp3) is 0.138. The Balaban J connectivity index is 0.000000224. The minimum absolute atomic E-state index is 0. The Morgan fingerprint density at radius 2 is 0.971 bits per heavy atom. The minimum atomic E-state index is 0. The molecule has 5 nitrogen and oxygen atoms in total. The Labute approximate surface area is 215 Å². The van der Waals surface area contributed by atoms with Crippen molar-refractivity contribution < 1.29 is 17.1 Å². The summed E-state index contributed by atoms with van der Waals surface area (Å²) < 4.78 is 0. The number of hydrogen-bond acceptors (Lipinski definition) is 3. The Kier molecular flexibility index (Phi) is 7.15. The first kappa shape index (κ1) is 24.4. The van der Waals surface area contributed by atoms with Gasteiger partial charge in [0.15, 0.2) is 0 Å². The second-order valence-corrected chi connectivity index (χ2v) is 8.68. The van der Waals surface area contributed by atoms with Crippen molar-refractivity contribution in [2.24, 2.45) is 0 Å². The number of nitrogens with one attached hydrogen (secondary N) is 2. The van der Waals surface area contributed by atoms with Crippen LogP contribution in [0.25, 0.3) is 46.4 Å². The van der Waals surface area contributed by atoms with E-state index >= 15 is 0 Å². The molecule has 6 heterocycles. The van der Waals surface area contributed by atoms with E-state index in [1.807, 2.05) is 55.6 Å². The average molecular weight is 501 g/mol. The SMILES string of the molecule is C1=Cc2cc3ccc(cc4ccc(cc5nc(cc1n2)C=C5)[nH]4)[nH]3.Cc1cnc(C)c(C)c1C.[Fe]. The van der Waals surface area contributed by atoms with Crippen molar-refractivity contribution in [1.82, 2.24) is 24.9 Å². The van der Waals surface area contributed by atoms with Crippen LogP contribution in [0.3, 0.4) is 0 Å². The molecular formula is C29H27FeN5. The molecule has 6 heteroatoms. The number of fused-ring (bicyclic) bond motifs is 8. The third-order valence-corrected chi connectivity index (χ3v) is 6.19. The summed E-state index contributed by atoms with van der Waals surface area (Å²) in [6.45, 7) is 8.39. The molecule has 176 valence electrons. The predicted octanol–water partition coefficient (Wildman–Crippen LogP) is 6.97. The molecule has 4 aromatic rings. The average Bonchev–Trinajstić information content (AvgIpc) is 3.61. The summed E-state index contributed by atoms with van der Waals surface area (Å²) in [6, 6.07) is 16.4. The van der Waals surface area contributed by atoms with Gasteiger partial charge >= 0.3 is 0 Å². The number of pyridine rings is 1. The maximum Gasteiger partial charge on any atom is 0.0659 e. The minimum Gasteiger partial charge on any atom is -0.355 e. The summed E-state index contributed by atoms with van der Waals surface area (Å²) in [5.41, 5.74) is 13.0. The maximum atomic E-state index is 4.62. The number of aryl methyl sites for hydroxylation is 2. The second-order valence-electron chi connectivity index (χ2n) is 8.68. The van der Waals surface area contributed by atoms with Gasteiger partial charge in [-0.2, -0.15) is 0 Å². The van der Waals surface area contributed by atoms with E-state index in [1.54, 1.807) is 0 Å². The first-order chi connectivity index (χ1) is 16.4. The maximum absolute atomic E-state index is 4.62. The van der Waals surface area contributed by atoms with Crippen LogP contribution in [0.15, 0.2) is 54.7 Å². The molecule has 6 rings (SSSR count). The number of aromatic nitrogens is 5. The van der Waals surface area contributed by atoms with E-state index in [4.69, 9.17) is 0 Å². The molecule has 2 aliphatic heterocycles. The van der Waals surface area contributed by atoms with Gasteiger partial charge in [-0.3, -0.25) is 4.98 Å². The Morgan fingerprint density at radius 1 is 0.543 bits per heavy atom. The van der Waals surface area contributed by atoms with Crippen LogP contribution in [-0.2, 0) is 17.1 Å². The normalized spacial score (nSPS) is 11.5. The molecule has 0 fully saturated rings. The summed E-state index contributed by atoms with van der Waals surface area (Å²) >= 11 is 0. The van der Waals surface area contributed by atoms with Crippen molar-refractivity contribution in [3.8, 4) is 0 Å². The van der Waals surface area contributed by atoms with E-state index in [0.29, 0.717) is 0 Å².